The summed E-state index contributed by atoms with van der Waals surface area (Å²) in [7, 11) is 0. The van der Waals surface area contributed by atoms with Crippen molar-refractivity contribution < 1.29 is 4.79 Å². The monoisotopic (exact) mass is 314 g/mol. The molecule has 0 saturated carbocycles. The van der Waals surface area contributed by atoms with Gasteiger partial charge in [0.2, 0.25) is 5.91 Å². The van der Waals surface area contributed by atoms with Crippen LogP contribution in [0, 0.1) is 11.8 Å². The Hall–Kier alpha value is -1.79. The first-order valence-electron chi connectivity index (χ1n) is 7.62. The van der Waals surface area contributed by atoms with Crippen molar-refractivity contribution in [2.75, 3.05) is 24.5 Å². The van der Waals surface area contributed by atoms with Crippen LogP contribution in [0.15, 0.2) is 36.2 Å². The first-order valence-corrected chi connectivity index (χ1v) is 8.50. The maximum absolute atomic E-state index is 12.8. The van der Waals surface area contributed by atoms with Crippen LogP contribution in [0.4, 0.5) is 5.69 Å². The molecule has 2 fully saturated rings. The first-order chi connectivity index (χ1) is 10.8. The van der Waals surface area contributed by atoms with Gasteiger partial charge in [0, 0.05) is 31.1 Å². The van der Waals surface area contributed by atoms with Crippen LogP contribution in [-0.2, 0) is 11.3 Å². The molecule has 0 aromatic carbocycles. The number of carbonyl (C=O) groups excluding carboxylic acids is 1. The second kappa shape index (κ2) is 5.78. The standard InChI is InChI=1S/C16H18N4OS/c21-16-15-10-19(9-14-2-1-5-22-14)8-12(15)3-4-20(16)13-6-17-11-18-7-13/h1-2,5-7,11-12,15H,3-4,8-10H2/t12-,15-/m0/s1. The molecule has 0 spiro atoms. The highest BCUT2D eigenvalue weighted by Crippen LogP contribution is 2.34. The molecule has 22 heavy (non-hydrogen) atoms. The van der Waals surface area contributed by atoms with Crippen LogP contribution >= 0.6 is 11.3 Å². The molecule has 114 valence electrons. The van der Waals surface area contributed by atoms with E-state index in [1.54, 1.807) is 23.7 Å². The molecule has 0 radical (unpaired) electrons. The molecule has 0 aliphatic carbocycles. The zero-order valence-corrected chi connectivity index (χ0v) is 13.1. The lowest BCUT2D eigenvalue weighted by atomic mass is 9.88. The minimum Gasteiger partial charge on any atom is -0.309 e. The van der Waals surface area contributed by atoms with Gasteiger partial charge in [0.05, 0.1) is 24.0 Å². The minimum atomic E-state index is 0.119. The van der Waals surface area contributed by atoms with Crippen LogP contribution in [-0.4, -0.2) is 40.4 Å². The Morgan fingerprint density at radius 1 is 1.27 bits per heavy atom. The van der Waals surface area contributed by atoms with E-state index in [2.05, 4.69) is 32.4 Å². The van der Waals surface area contributed by atoms with E-state index in [9.17, 15) is 4.79 Å². The van der Waals surface area contributed by atoms with Crippen molar-refractivity contribution in [2.45, 2.75) is 13.0 Å². The molecule has 0 unspecified atom stereocenters. The van der Waals surface area contributed by atoms with E-state index in [1.165, 1.54) is 11.2 Å². The topological polar surface area (TPSA) is 49.3 Å². The summed E-state index contributed by atoms with van der Waals surface area (Å²) >= 11 is 1.79. The summed E-state index contributed by atoms with van der Waals surface area (Å²) in [5.74, 6) is 0.849. The predicted molar refractivity (Wildman–Crippen MR) is 85.6 cm³/mol. The number of anilines is 1. The largest absolute Gasteiger partial charge is 0.309 e. The smallest absolute Gasteiger partial charge is 0.231 e. The van der Waals surface area contributed by atoms with E-state index in [-0.39, 0.29) is 11.8 Å². The van der Waals surface area contributed by atoms with Crippen LogP contribution in [0.2, 0.25) is 0 Å². The van der Waals surface area contributed by atoms with E-state index < -0.39 is 0 Å². The van der Waals surface area contributed by atoms with Crippen LogP contribution in [0.5, 0.6) is 0 Å². The molecule has 0 bridgehead atoms. The number of rotatable bonds is 3. The predicted octanol–water partition coefficient (Wildman–Crippen LogP) is 2.02. The molecule has 5 nitrogen and oxygen atoms in total. The molecule has 2 aromatic heterocycles. The normalized spacial score (nSPS) is 25.5. The van der Waals surface area contributed by atoms with Crippen LogP contribution < -0.4 is 4.90 Å². The molecule has 1 amide bonds. The lowest BCUT2D eigenvalue weighted by molar-refractivity contribution is -0.124. The molecular weight excluding hydrogens is 296 g/mol. The fraction of sp³-hybridized carbons (Fsp3) is 0.438. The molecule has 4 rings (SSSR count). The lowest BCUT2D eigenvalue weighted by Crippen LogP contribution is -2.45. The summed E-state index contributed by atoms with van der Waals surface area (Å²) in [6, 6.07) is 4.26. The van der Waals surface area contributed by atoms with E-state index in [4.69, 9.17) is 0 Å². The zero-order valence-electron chi connectivity index (χ0n) is 12.3. The lowest BCUT2D eigenvalue weighted by Gasteiger charge is -2.33. The number of likely N-dealkylation sites (tertiary alicyclic amines) is 1. The van der Waals surface area contributed by atoms with Crippen molar-refractivity contribution in [3.8, 4) is 0 Å². The number of fused-ring (bicyclic) bond motifs is 1. The van der Waals surface area contributed by atoms with Crippen LogP contribution in [0.1, 0.15) is 11.3 Å². The maximum atomic E-state index is 12.8. The number of carbonyl (C=O) groups is 1. The number of amides is 1. The van der Waals surface area contributed by atoms with E-state index in [0.29, 0.717) is 5.92 Å². The highest BCUT2D eigenvalue weighted by Gasteiger charge is 2.43. The Morgan fingerprint density at radius 3 is 2.91 bits per heavy atom. The van der Waals surface area contributed by atoms with Crippen molar-refractivity contribution in [2.24, 2.45) is 11.8 Å². The molecule has 4 heterocycles. The van der Waals surface area contributed by atoms with Gasteiger partial charge in [0.15, 0.2) is 0 Å². The number of nitrogens with zero attached hydrogens (tertiary/aromatic N) is 4. The SMILES string of the molecule is O=C1[C@H]2CN(Cc3cccs3)C[C@@H]2CCN1c1cncnc1. The number of thiophene rings is 1. The zero-order chi connectivity index (χ0) is 14.9. The Balaban J connectivity index is 1.47. The maximum Gasteiger partial charge on any atom is 0.231 e. The quantitative estimate of drug-likeness (QED) is 0.870. The van der Waals surface area contributed by atoms with Gasteiger partial charge in [0.25, 0.3) is 0 Å². The summed E-state index contributed by atoms with van der Waals surface area (Å²) in [6.07, 6.45) is 6.01. The van der Waals surface area contributed by atoms with Crippen molar-refractivity contribution in [3.63, 3.8) is 0 Å². The fourth-order valence-electron chi connectivity index (χ4n) is 3.58. The second-order valence-electron chi connectivity index (χ2n) is 6.02. The molecule has 6 heteroatoms. The summed E-state index contributed by atoms with van der Waals surface area (Å²) in [5.41, 5.74) is 0.822. The van der Waals surface area contributed by atoms with Gasteiger partial charge in [-0.3, -0.25) is 9.69 Å². The van der Waals surface area contributed by atoms with Crippen molar-refractivity contribution >= 4 is 22.9 Å². The first kappa shape index (κ1) is 13.8. The van der Waals surface area contributed by atoms with Gasteiger partial charge < -0.3 is 4.90 Å². The van der Waals surface area contributed by atoms with Gasteiger partial charge in [-0.1, -0.05) is 6.07 Å². The fourth-order valence-corrected chi connectivity index (χ4v) is 4.32. The van der Waals surface area contributed by atoms with Gasteiger partial charge in [-0.25, -0.2) is 9.97 Å². The van der Waals surface area contributed by atoms with E-state index >= 15 is 0 Å². The van der Waals surface area contributed by atoms with Gasteiger partial charge >= 0.3 is 0 Å². The van der Waals surface area contributed by atoms with E-state index in [0.717, 1.165) is 38.3 Å². The number of piperidine rings is 1. The van der Waals surface area contributed by atoms with Gasteiger partial charge in [-0.2, -0.15) is 0 Å². The van der Waals surface area contributed by atoms with Crippen molar-refractivity contribution in [1.82, 2.24) is 14.9 Å². The molecular formula is C16H18N4OS. The summed E-state index contributed by atoms with van der Waals surface area (Å²) in [6.45, 7) is 3.64. The molecule has 0 N–H and O–H groups in total. The van der Waals surface area contributed by atoms with Crippen molar-refractivity contribution in [1.29, 1.82) is 0 Å². The van der Waals surface area contributed by atoms with Gasteiger partial charge in [-0.05, 0) is 23.8 Å². The molecule has 2 aliphatic rings. The van der Waals surface area contributed by atoms with Crippen LogP contribution in [0.25, 0.3) is 0 Å². The number of hydrogen-bond acceptors (Lipinski definition) is 5. The van der Waals surface area contributed by atoms with Gasteiger partial charge in [0.1, 0.15) is 6.33 Å². The second-order valence-corrected chi connectivity index (χ2v) is 7.05. The Bertz CT molecular complexity index is 645. The van der Waals surface area contributed by atoms with Crippen LogP contribution in [0.3, 0.4) is 0 Å². The minimum absolute atomic E-state index is 0.119. The third kappa shape index (κ3) is 2.53. The third-order valence-electron chi connectivity index (χ3n) is 4.64. The highest BCUT2D eigenvalue weighted by molar-refractivity contribution is 7.09. The molecule has 2 atom stereocenters. The van der Waals surface area contributed by atoms with E-state index in [1.807, 2.05) is 4.90 Å². The Labute approximate surface area is 133 Å². The Kier molecular flexibility index (Phi) is 3.63. The van der Waals surface area contributed by atoms with Crippen molar-refractivity contribution in [3.05, 3.63) is 41.1 Å². The number of aromatic nitrogens is 2. The summed E-state index contributed by atoms with van der Waals surface area (Å²) in [4.78, 5) is 26.5. The van der Waals surface area contributed by atoms with Gasteiger partial charge in [-0.15, -0.1) is 11.3 Å². The third-order valence-corrected chi connectivity index (χ3v) is 5.50. The average molecular weight is 314 g/mol. The molecule has 2 saturated heterocycles. The molecule has 2 aromatic rings. The highest BCUT2D eigenvalue weighted by atomic mass is 32.1. The summed E-state index contributed by atoms with van der Waals surface area (Å²) < 4.78 is 0. The Morgan fingerprint density at radius 2 is 2.14 bits per heavy atom. The average Bonchev–Trinajstić information content (AvgIpc) is 3.19. The summed E-state index contributed by atoms with van der Waals surface area (Å²) in [5, 5.41) is 2.11. The molecule has 2 aliphatic heterocycles. The number of hydrogen-bond donors (Lipinski definition) is 0.